The molecule has 0 aliphatic heterocycles. The molecule has 28 heavy (non-hydrogen) atoms. The fourth-order valence-electron chi connectivity index (χ4n) is 3.05. The molecule has 0 aliphatic rings. The Morgan fingerprint density at radius 1 is 1.04 bits per heavy atom. The molecule has 2 aromatic heterocycles. The Balaban J connectivity index is 0.000000906. The normalized spacial score (nSPS) is 10.9. The predicted molar refractivity (Wildman–Crippen MR) is 118 cm³/mol. The Bertz CT molecular complexity index is 1000. The van der Waals surface area contributed by atoms with Crippen LogP contribution < -0.4 is 34.9 Å². The van der Waals surface area contributed by atoms with Crippen molar-refractivity contribution in [3.8, 4) is 0 Å². The number of para-hydroxylation sites is 2. The van der Waals surface area contributed by atoms with Crippen molar-refractivity contribution in [1.29, 1.82) is 0 Å². The van der Waals surface area contributed by atoms with E-state index in [0.717, 1.165) is 33.3 Å². The van der Waals surface area contributed by atoms with Gasteiger partial charge in [-0.2, -0.15) is 24.8 Å². The molecule has 136 valence electrons. The van der Waals surface area contributed by atoms with Crippen LogP contribution in [0.15, 0.2) is 85.7 Å². The molecule has 0 saturated heterocycles. The first-order valence-electron chi connectivity index (χ1n) is 8.67. The van der Waals surface area contributed by atoms with Gasteiger partial charge in [0.15, 0.2) is 0 Å². The molecule has 4 aromatic rings. The van der Waals surface area contributed by atoms with Crippen molar-refractivity contribution < 1.29 is 29.6 Å². The van der Waals surface area contributed by atoms with Crippen LogP contribution in [0.2, 0.25) is 0 Å². The number of hydrogen-bond acceptors (Lipinski definition) is 3. The van der Waals surface area contributed by atoms with E-state index in [1.807, 2.05) is 60.8 Å². The molecule has 4 rings (SSSR count). The van der Waals surface area contributed by atoms with Crippen LogP contribution in [0.4, 0.5) is 5.69 Å². The number of thiol groups is 1. The van der Waals surface area contributed by atoms with Crippen molar-refractivity contribution in [2.75, 3.05) is 11.6 Å². The van der Waals surface area contributed by atoms with Crippen LogP contribution in [0.1, 0.15) is 17.2 Å². The third-order valence-corrected chi connectivity index (χ3v) is 4.31. The summed E-state index contributed by atoms with van der Waals surface area (Å²) in [6, 6.07) is 22.2. The van der Waals surface area contributed by atoms with E-state index in [0.29, 0.717) is 0 Å². The van der Waals surface area contributed by atoms with Crippen LogP contribution in [0.3, 0.4) is 0 Å². The number of pyridine rings is 1. The summed E-state index contributed by atoms with van der Waals surface area (Å²) in [5.41, 5.74) is 5.17. The zero-order valence-electron chi connectivity index (χ0n) is 16.2. The van der Waals surface area contributed by atoms with Gasteiger partial charge in [0.1, 0.15) is 0 Å². The molecule has 3 nitrogen and oxygen atoms in total. The molecule has 2 N–H and O–H groups in total. The van der Waals surface area contributed by atoms with Gasteiger partial charge in [0.05, 0.1) is 6.04 Å². The average Bonchev–Trinajstić information content (AvgIpc) is 3.19. The van der Waals surface area contributed by atoms with Gasteiger partial charge in [-0.3, -0.25) is 0 Å². The van der Waals surface area contributed by atoms with Gasteiger partial charge in [0.25, 0.3) is 0 Å². The Morgan fingerprint density at radius 2 is 1.75 bits per heavy atom. The molecule has 1 atom stereocenters. The molecular weight excluding hydrogens is 373 g/mol. The molecule has 5 heteroatoms. The Hall–Kier alpha value is -1.98. The summed E-state index contributed by atoms with van der Waals surface area (Å²) < 4.78 is 0. The topological polar surface area (TPSA) is 40.7 Å². The second-order valence-electron chi connectivity index (χ2n) is 5.92. The van der Waals surface area contributed by atoms with E-state index in [9.17, 15) is 0 Å². The van der Waals surface area contributed by atoms with Crippen molar-refractivity contribution in [2.24, 2.45) is 0 Å². The third kappa shape index (κ3) is 5.09. The molecule has 0 amide bonds. The quantitative estimate of drug-likeness (QED) is 0.276. The van der Waals surface area contributed by atoms with Gasteiger partial charge in [-0.15, -0.1) is 5.56 Å². The fraction of sp³-hybridized carbons (Fsp3) is 0.0870. The monoisotopic (exact) mass is 395 g/mol. The van der Waals surface area contributed by atoms with Crippen molar-refractivity contribution in [2.45, 2.75) is 6.04 Å². The van der Waals surface area contributed by atoms with Gasteiger partial charge in [-0.1, -0.05) is 55.4 Å². The molecule has 0 spiro atoms. The molecule has 0 aliphatic carbocycles. The summed E-state index contributed by atoms with van der Waals surface area (Å²) in [6.07, 6.45) is 8.54. The molecule has 2 heterocycles. The van der Waals surface area contributed by atoms with E-state index in [2.05, 4.69) is 52.8 Å². The van der Waals surface area contributed by atoms with E-state index in [1.54, 1.807) is 12.5 Å². The summed E-state index contributed by atoms with van der Waals surface area (Å²) in [5, 5.41) is 4.73. The predicted octanol–water partition coefficient (Wildman–Crippen LogP) is 2.78. The second-order valence-corrected chi connectivity index (χ2v) is 5.92. The van der Waals surface area contributed by atoms with Crippen LogP contribution in [0, 0.1) is 6.20 Å². The van der Waals surface area contributed by atoms with Gasteiger partial charge >= 0.3 is 29.6 Å². The van der Waals surface area contributed by atoms with Crippen molar-refractivity contribution in [3.63, 3.8) is 0 Å². The summed E-state index contributed by atoms with van der Waals surface area (Å²) in [5.74, 6) is 0. The molecule has 0 bridgehead atoms. The number of rotatable bonds is 5. The van der Waals surface area contributed by atoms with E-state index >= 15 is 0 Å². The van der Waals surface area contributed by atoms with Crippen LogP contribution in [0.25, 0.3) is 16.5 Å². The average molecular weight is 396 g/mol. The number of aromatic nitrogens is 2. The first-order valence-corrected chi connectivity index (χ1v) is 9.56. The van der Waals surface area contributed by atoms with Crippen LogP contribution >= 0.6 is 12.6 Å². The summed E-state index contributed by atoms with van der Waals surface area (Å²) in [6.45, 7) is 4.39. The van der Waals surface area contributed by atoms with Gasteiger partial charge < -0.3 is 15.3 Å². The summed E-state index contributed by atoms with van der Waals surface area (Å²) >= 11 is 3.53. The smallest absolute Gasteiger partial charge is 0.394 e. The maximum absolute atomic E-state index is 4.39. The molecule has 0 fully saturated rings. The van der Waals surface area contributed by atoms with E-state index in [1.165, 1.54) is 0 Å². The van der Waals surface area contributed by atoms with Gasteiger partial charge in [0.2, 0.25) is 0 Å². The number of aromatic amines is 1. The number of anilines is 1. The minimum absolute atomic E-state index is 0. The number of fused-ring (bicyclic) bond motifs is 1. The number of benzene rings is 2. The second kappa shape index (κ2) is 11.1. The maximum Gasteiger partial charge on any atom is 1.00 e. The minimum atomic E-state index is -0.115. The standard InChI is InChI=1S/C22H18N3.CH4S.Na/c1-16(20-15-24-21-12-6-5-11-19(20)21)22(17-8-7-13-23-14-17)25-18-9-3-2-4-10-18;1-2;/h2-13,15,22,24-25H,1H2;2H,1H3;/q-1;;+1. The fourth-order valence-corrected chi connectivity index (χ4v) is 3.05. The van der Waals surface area contributed by atoms with Gasteiger partial charge in [0, 0.05) is 28.4 Å². The number of H-pyrrole nitrogens is 1. The van der Waals surface area contributed by atoms with Crippen LogP contribution in [-0.2, 0) is 0 Å². The van der Waals surface area contributed by atoms with E-state index in [4.69, 9.17) is 0 Å². The van der Waals surface area contributed by atoms with Crippen LogP contribution in [0.5, 0.6) is 0 Å². The van der Waals surface area contributed by atoms with E-state index in [-0.39, 0.29) is 35.6 Å². The first-order chi connectivity index (χ1) is 13.3. The van der Waals surface area contributed by atoms with Crippen molar-refractivity contribution in [3.05, 3.63) is 103 Å². The van der Waals surface area contributed by atoms with E-state index < -0.39 is 0 Å². The van der Waals surface area contributed by atoms with Crippen LogP contribution in [-0.4, -0.2) is 16.2 Å². The molecule has 0 radical (unpaired) electrons. The largest absolute Gasteiger partial charge is 1.00 e. The Kier molecular flexibility index (Phi) is 8.87. The summed E-state index contributed by atoms with van der Waals surface area (Å²) in [7, 11) is 0. The Labute approximate surface area is 194 Å². The number of nitrogens with one attached hydrogen (secondary N) is 2. The Morgan fingerprint density at radius 3 is 2.46 bits per heavy atom. The molecule has 2 aromatic carbocycles. The molecular formula is C23H22N3NaS. The summed E-state index contributed by atoms with van der Waals surface area (Å²) in [4.78, 5) is 7.48. The molecule has 0 saturated carbocycles. The van der Waals surface area contributed by atoms with Crippen molar-refractivity contribution in [1.82, 2.24) is 9.97 Å². The zero-order valence-corrected chi connectivity index (χ0v) is 19.1. The third-order valence-electron chi connectivity index (χ3n) is 4.31. The van der Waals surface area contributed by atoms with Gasteiger partial charge in [-0.05, 0) is 30.0 Å². The first kappa shape index (κ1) is 22.3. The minimum Gasteiger partial charge on any atom is -0.394 e. The molecule has 1 unspecified atom stereocenters. The number of nitrogens with zero attached hydrogens (tertiary/aromatic N) is 1. The zero-order chi connectivity index (χ0) is 19.1. The maximum atomic E-state index is 4.39. The SMILES string of the molecule is C=C(c1c[nH]c2ccccc12)C(Nc1ccccc1)c1[c-]nccc1.CS.[Na+]. The van der Waals surface area contributed by atoms with Crippen molar-refractivity contribution >= 4 is 34.8 Å². The van der Waals surface area contributed by atoms with Gasteiger partial charge in [-0.25, -0.2) is 0 Å². The number of hydrogen-bond donors (Lipinski definition) is 3.